The van der Waals surface area contributed by atoms with Crippen LogP contribution in [0.15, 0.2) is 91.1 Å². The van der Waals surface area contributed by atoms with Crippen molar-refractivity contribution in [2.75, 3.05) is 13.1 Å². The minimum absolute atomic E-state index is 0.594. The summed E-state index contributed by atoms with van der Waals surface area (Å²) >= 11 is 0. The lowest BCUT2D eigenvalue weighted by atomic mass is 9.97. The Morgan fingerprint density at radius 1 is 0.839 bits per heavy atom. The summed E-state index contributed by atoms with van der Waals surface area (Å²) < 4.78 is 38.9. The molecule has 0 atom stereocenters. The van der Waals surface area contributed by atoms with Gasteiger partial charge in [0.15, 0.2) is 0 Å². The number of rotatable bonds is 5. The van der Waals surface area contributed by atoms with E-state index in [9.17, 15) is 13.2 Å². The zero-order chi connectivity index (χ0) is 21.7. The van der Waals surface area contributed by atoms with Gasteiger partial charge in [0.1, 0.15) is 0 Å². The lowest BCUT2D eigenvalue weighted by molar-refractivity contribution is -0.137. The molecular formula is C27H24F3N. The Labute approximate surface area is 181 Å². The van der Waals surface area contributed by atoms with Gasteiger partial charge >= 0.3 is 6.18 Å². The molecule has 0 unspecified atom stereocenters. The molecule has 0 fully saturated rings. The van der Waals surface area contributed by atoms with Crippen molar-refractivity contribution in [3.63, 3.8) is 0 Å². The molecule has 0 N–H and O–H groups in total. The van der Waals surface area contributed by atoms with Gasteiger partial charge in [-0.1, -0.05) is 72.8 Å². The standard InChI is InChI=1S/C27H24F3N/c28-27(29,30)26-8-4-7-25(20-26)24-14-17-31(18-15-24)16-13-21-9-11-23(12-10-21)19-22-5-2-1-3-6-22/h1-14,16,20H,15,17-19H2/b16-13+. The predicted molar refractivity (Wildman–Crippen MR) is 120 cm³/mol. The molecule has 0 saturated heterocycles. The first-order chi connectivity index (χ1) is 15.0. The first-order valence-corrected chi connectivity index (χ1v) is 10.4. The maximum Gasteiger partial charge on any atom is 0.416 e. The maximum atomic E-state index is 13.0. The average Bonchev–Trinajstić information content (AvgIpc) is 2.79. The largest absolute Gasteiger partial charge is 0.416 e. The monoisotopic (exact) mass is 419 g/mol. The molecule has 3 aromatic rings. The Balaban J connectivity index is 1.36. The molecule has 1 aliphatic heterocycles. The van der Waals surface area contributed by atoms with Crippen LogP contribution in [0.25, 0.3) is 11.6 Å². The smallest absolute Gasteiger partial charge is 0.373 e. The summed E-state index contributed by atoms with van der Waals surface area (Å²) in [6.07, 6.45) is 3.49. The van der Waals surface area contributed by atoms with Gasteiger partial charge in [0, 0.05) is 13.1 Å². The van der Waals surface area contributed by atoms with E-state index in [0.717, 1.165) is 36.6 Å². The van der Waals surface area contributed by atoms with Crippen LogP contribution >= 0.6 is 0 Å². The summed E-state index contributed by atoms with van der Waals surface area (Å²) in [4.78, 5) is 2.18. The predicted octanol–water partition coefficient (Wildman–Crippen LogP) is 7.06. The van der Waals surface area contributed by atoms with E-state index >= 15 is 0 Å². The van der Waals surface area contributed by atoms with E-state index in [2.05, 4.69) is 65.7 Å². The van der Waals surface area contributed by atoms with Crippen LogP contribution < -0.4 is 0 Å². The van der Waals surface area contributed by atoms with Gasteiger partial charge in [0.25, 0.3) is 0 Å². The first kappa shape index (κ1) is 21.0. The molecule has 0 saturated carbocycles. The summed E-state index contributed by atoms with van der Waals surface area (Å²) in [5.41, 5.74) is 4.74. The van der Waals surface area contributed by atoms with E-state index in [1.807, 2.05) is 12.1 Å². The fraction of sp³-hybridized carbons (Fsp3) is 0.185. The summed E-state index contributed by atoms with van der Waals surface area (Å²) in [5, 5.41) is 0. The van der Waals surface area contributed by atoms with Gasteiger partial charge in [-0.2, -0.15) is 13.2 Å². The number of hydrogen-bond donors (Lipinski definition) is 0. The van der Waals surface area contributed by atoms with E-state index in [0.29, 0.717) is 12.1 Å². The molecule has 0 spiro atoms. The number of benzene rings is 3. The highest BCUT2D eigenvalue weighted by Gasteiger charge is 2.30. The van der Waals surface area contributed by atoms with Crippen molar-refractivity contribution in [2.45, 2.75) is 19.0 Å². The molecule has 4 rings (SSSR count). The Morgan fingerprint density at radius 2 is 1.58 bits per heavy atom. The van der Waals surface area contributed by atoms with Gasteiger partial charge in [-0.25, -0.2) is 0 Å². The Morgan fingerprint density at radius 3 is 2.26 bits per heavy atom. The fourth-order valence-corrected chi connectivity index (χ4v) is 3.75. The molecule has 1 nitrogen and oxygen atoms in total. The van der Waals surface area contributed by atoms with Crippen LogP contribution in [0.2, 0.25) is 0 Å². The summed E-state index contributed by atoms with van der Waals surface area (Å²) in [6.45, 7) is 1.47. The second kappa shape index (κ2) is 9.25. The molecular weight excluding hydrogens is 395 g/mol. The highest BCUT2D eigenvalue weighted by atomic mass is 19.4. The molecule has 1 aliphatic rings. The van der Waals surface area contributed by atoms with Crippen LogP contribution in [0.1, 0.15) is 34.2 Å². The van der Waals surface area contributed by atoms with Crippen molar-refractivity contribution >= 4 is 11.6 Å². The maximum absolute atomic E-state index is 13.0. The number of halogens is 3. The molecule has 0 aromatic heterocycles. The van der Waals surface area contributed by atoms with Crippen molar-refractivity contribution in [3.05, 3.63) is 119 Å². The topological polar surface area (TPSA) is 3.24 Å². The normalized spacial score (nSPS) is 14.7. The molecule has 0 amide bonds. The lowest BCUT2D eigenvalue weighted by Crippen LogP contribution is -2.23. The van der Waals surface area contributed by atoms with Crippen molar-refractivity contribution in [1.82, 2.24) is 4.90 Å². The van der Waals surface area contributed by atoms with E-state index in [-0.39, 0.29) is 0 Å². The highest BCUT2D eigenvalue weighted by Crippen LogP contribution is 2.32. The van der Waals surface area contributed by atoms with E-state index in [4.69, 9.17) is 0 Å². The quantitative estimate of drug-likeness (QED) is 0.428. The van der Waals surface area contributed by atoms with Crippen LogP contribution in [-0.4, -0.2) is 18.0 Å². The molecule has 0 bridgehead atoms. The van der Waals surface area contributed by atoms with Crippen LogP contribution in [0, 0.1) is 0 Å². The molecule has 158 valence electrons. The molecule has 0 radical (unpaired) electrons. The highest BCUT2D eigenvalue weighted by molar-refractivity contribution is 5.67. The number of hydrogen-bond acceptors (Lipinski definition) is 1. The van der Waals surface area contributed by atoms with Crippen LogP contribution in [0.5, 0.6) is 0 Å². The van der Waals surface area contributed by atoms with Gasteiger partial charge in [-0.15, -0.1) is 0 Å². The van der Waals surface area contributed by atoms with Gasteiger partial charge in [0.2, 0.25) is 0 Å². The number of alkyl halides is 3. The van der Waals surface area contributed by atoms with Crippen molar-refractivity contribution in [3.8, 4) is 0 Å². The summed E-state index contributed by atoms with van der Waals surface area (Å²) in [6, 6.07) is 24.5. The Kier molecular flexibility index (Phi) is 6.26. The van der Waals surface area contributed by atoms with Gasteiger partial charge < -0.3 is 4.90 Å². The van der Waals surface area contributed by atoms with Gasteiger partial charge in [0.05, 0.1) is 5.56 Å². The molecule has 1 heterocycles. The minimum Gasteiger partial charge on any atom is -0.373 e. The zero-order valence-corrected chi connectivity index (χ0v) is 17.1. The third-order valence-electron chi connectivity index (χ3n) is 5.51. The number of nitrogens with zero attached hydrogens (tertiary/aromatic N) is 1. The van der Waals surface area contributed by atoms with Crippen LogP contribution in [-0.2, 0) is 12.6 Å². The van der Waals surface area contributed by atoms with E-state index in [1.165, 1.54) is 23.3 Å². The van der Waals surface area contributed by atoms with E-state index in [1.54, 1.807) is 6.07 Å². The van der Waals surface area contributed by atoms with Gasteiger partial charge in [-0.05, 0) is 65.1 Å². The zero-order valence-electron chi connectivity index (χ0n) is 17.1. The Hall–Kier alpha value is -3.27. The SMILES string of the molecule is FC(F)(F)c1cccc(C2=CCN(/C=C/c3ccc(Cc4ccccc4)cc3)CC2)c1. The molecule has 31 heavy (non-hydrogen) atoms. The lowest BCUT2D eigenvalue weighted by Gasteiger charge is -2.25. The van der Waals surface area contributed by atoms with Crippen LogP contribution in [0.4, 0.5) is 13.2 Å². The van der Waals surface area contributed by atoms with Crippen molar-refractivity contribution in [1.29, 1.82) is 0 Å². The molecule has 4 heteroatoms. The van der Waals surface area contributed by atoms with Crippen molar-refractivity contribution < 1.29 is 13.2 Å². The average molecular weight is 419 g/mol. The minimum atomic E-state index is -4.31. The van der Waals surface area contributed by atoms with Crippen molar-refractivity contribution in [2.24, 2.45) is 0 Å². The first-order valence-electron chi connectivity index (χ1n) is 10.4. The second-order valence-corrected chi connectivity index (χ2v) is 7.77. The third-order valence-corrected chi connectivity index (χ3v) is 5.51. The second-order valence-electron chi connectivity index (χ2n) is 7.77. The third kappa shape index (κ3) is 5.66. The van der Waals surface area contributed by atoms with E-state index < -0.39 is 11.7 Å². The molecule has 3 aromatic carbocycles. The van der Waals surface area contributed by atoms with Gasteiger partial charge in [-0.3, -0.25) is 0 Å². The summed E-state index contributed by atoms with van der Waals surface area (Å²) in [7, 11) is 0. The fourth-order valence-electron chi connectivity index (χ4n) is 3.75. The summed E-state index contributed by atoms with van der Waals surface area (Å²) in [5.74, 6) is 0. The Bertz CT molecular complexity index is 1060. The molecule has 0 aliphatic carbocycles. The van der Waals surface area contributed by atoms with Crippen LogP contribution in [0.3, 0.4) is 0 Å².